The van der Waals surface area contributed by atoms with Crippen molar-refractivity contribution in [3.63, 3.8) is 0 Å². The fraction of sp³-hybridized carbons (Fsp3) is 0.526. The smallest absolute Gasteiger partial charge is 0.243 e. The molecule has 0 unspecified atom stereocenters. The van der Waals surface area contributed by atoms with Gasteiger partial charge >= 0.3 is 0 Å². The second-order valence-corrected chi connectivity index (χ2v) is 6.06. The predicted molar refractivity (Wildman–Crippen MR) is 95.7 cm³/mol. The van der Waals surface area contributed by atoms with E-state index in [9.17, 15) is 9.59 Å². The minimum atomic E-state index is -0.0674. The molecular weight excluding hydrogens is 302 g/mol. The summed E-state index contributed by atoms with van der Waals surface area (Å²) >= 11 is 0. The lowest BCUT2D eigenvalue weighted by molar-refractivity contribution is -0.136. The zero-order chi connectivity index (χ0) is 17.4. The summed E-state index contributed by atoms with van der Waals surface area (Å²) in [4.78, 5) is 26.4. The zero-order valence-electron chi connectivity index (χ0n) is 14.7. The molecule has 1 aliphatic rings. The Morgan fingerprint density at radius 1 is 1.08 bits per heavy atom. The van der Waals surface area contributed by atoms with Gasteiger partial charge in [-0.15, -0.1) is 0 Å². The molecule has 0 saturated carbocycles. The second-order valence-electron chi connectivity index (χ2n) is 6.06. The van der Waals surface area contributed by atoms with Gasteiger partial charge in [0, 0.05) is 32.4 Å². The fourth-order valence-corrected chi connectivity index (χ4v) is 2.87. The van der Waals surface area contributed by atoms with E-state index in [2.05, 4.69) is 18.9 Å². The number of carbonyl (C=O) groups excluding carboxylic acids is 2. The largest absolute Gasteiger partial charge is 0.343 e. The van der Waals surface area contributed by atoms with Crippen LogP contribution < -0.4 is 0 Å². The number of amides is 2. The molecule has 0 aromatic heterocycles. The molecule has 0 fully saturated rings. The van der Waals surface area contributed by atoms with Crippen LogP contribution in [-0.4, -0.2) is 47.1 Å². The molecule has 130 valence electrons. The Kier molecular flexibility index (Phi) is 6.97. The van der Waals surface area contributed by atoms with E-state index < -0.39 is 0 Å². The molecule has 1 aromatic carbocycles. The Hall–Kier alpha value is -2.17. The Morgan fingerprint density at radius 3 is 2.38 bits per heavy atom. The number of hydrogen-bond acceptors (Lipinski definition) is 3. The van der Waals surface area contributed by atoms with E-state index in [1.54, 1.807) is 0 Å². The van der Waals surface area contributed by atoms with E-state index in [0.717, 1.165) is 43.6 Å². The van der Waals surface area contributed by atoms with Crippen LogP contribution in [0.2, 0.25) is 0 Å². The maximum atomic E-state index is 12.3. The van der Waals surface area contributed by atoms with Gasteiger partial charge in [0.25, 0.3) is 0 Å². The standard InChI is InChI=1S/C19H27N3O2/c1-3-13-21(14-4-2)18(23)10-11-19(24)22-15-12-17(20-22)16-8-6-5-7-9-16/h5-9H,3-4,10-15H2,1-2H3. The van der Waals surface area contributed by atoms with E-state index in [-0.39, 0.29) is 24.7 Å². The van der Waals surface area contributed by atoms with Crippen LogP contribution in [0.1, 0.15) is 51.5 Å². The molecule has 0 atom stereocenters. The van der Waals surface area contributed by atoms with Crippen molar-refractivity contribution >= 4 is 17.5 Å². The highest BCUT2D eigenvalue weighted by molar-refractivity contribution is 6.02. The minimum Gasteiger partial charge on any atom is -0.343 e. The molecule has 2 rings (SSSR count). The summed E-state index contributed by atoms with van der Waals surface area (Å²) in [5.41, 5.74) is 2.00. The van der Waals surface area contributed by atoms with Crippen LogP contribution >= 0.6 is 0 Å². The third-order valence-electron chi connectivity index (χ3n) is 4.09. The minimum absolute atomic E-state index is 0.0674. The first-order valence-corrected chi connectivity index (χ1v) is 8.86. The number of rotatable bonds is 8. The van der Waals surface area contributed by atoms with Gasteiger partial charge in [-0.05, 0) is 18.4 Å². The molecule has 24 heavy (non-hydrogen) atoms. The molecule has 0 bridgehead atoms. The maximum Gasteiger partial charge on any atom is 0.243 e. The van der Waals surface area contributed by atoms with Gasteiger partial charge in [0.05, 0.1) is 12.3 Å². The van der Waals surface area contributed by atoms with Crippen molar-refractivity contribution in [1.82, 2.24) is 9.91 Å². The maximum absolute atomic E-state index is 12.3. The summed E-state index contributed by atoms with van der Waals surface area (Å²) in [6, 6.07) is 9.91. The number of hydrogen-bond donors (Lipinski definition) is 0. The van der Waals surface area contributed by atoms with Crippen LogP contribution in [0.5, 0.6) is 0 Å². The lowest BCUT2D eigenvalue weighted by atomic mass is 10.1. The number of nitrogens with zero attached hydrogens (tertiary/aromatic N) is 3. The van der Waals surface area contributed by atoms with Crippen molar-refractivity contribution < 1.29 is 9.59 Å². The summed E-state index contributed by atoms with van der Waals surface area (Å²) in [6.45, 7) is 6.25. The quantitative estimate of drug-likeness (QED) is 0.736. The molecule has 1 aliphatic heterocycles. The monoisotopic (exact) mass is 329 g/mol. The Balaban J connectivity index is 1.87. The van der Waals surface area contributed by atoms with E-state index in [0.29, 0.717) is 6.54 Å². The fourth-order valence-electron chi connectivity index (χ4n) is 2.87. The van der Waals surface area contributed by atoms with Crippen molar-refractivity contribution in [3.8, 4) is 0 Å². The average Bonchev–Trinajstić information content (AvgIpc) is 3.10. The second kappa shape index (κ2) is 9.21. The average molecular weight is 329 g/mol. The highest BCUT2D eigenvalue weighted by atomic mass is 16.2. The summed E-state index contributed by atoms with van der Waals surface area (Å²) in [6.07, 6.45) is 3.15. The molecular formula is C19H27N3O2. The SMILES string of the molecule is CCCN(CCC)C(=O)CCC(=O)N1CCC(c2ccccc2)=N1. The van der Waals surface area contributed by atoms with E-state index in [4.69, 9.17) is 0 Å². The number of hydrazone groups is 1. The highest BCUT2D eigenvalue weighted by Crippen LogP contribution is 2.15. The third-order valence-corrected chi connectivity index (χ3v) is 4.09. The van der Waals surface area contributed by atoms with Crippen LogP contribution in [0, 0.1) is 0 Å². The zero-order valence-corrected chi connectivity index (χ0v) is 14.7. The van der Waals surface area contributed by atoms with E-state index in [1.165, 1.54) is 5.01 Å². The Labute approximate surface area is 144 Å². The van der Waals surface area contributed by atoms with Gasteiger partial charge in [-0.2, -0.15) is 5.10 Å². The van der Waals surface area contributed by atoms with Gasteiger partial charge in [0.15, 0.2) is 0 Å². The lowest BCUT2D eigenvalue weighted by Gasteiger charge is -2.21. The van der Waals surface area contributed by atoms with Gasteiger partial charge in [-0.1, -0.05) is 44.2 Å². The summed E-state index contributed by atoms with van der Waals surface area (Å²) in [5, 5.41) is 5.94. The topological polar surface area (TPSA) is 53.0 Å². The Morgan fingerprint density at radius 2 is 1.75 bits per heavy atom. The van der Waals surface area contributed by atoms with Gasteiger partial charge in [0.2, 0.25) is 11.8 Å². The molecule has 0 spiro atoms. The van der Waals surface area contributed by atoms with Crippen LogP contribution in [-0.2, 0) is 9.59 Å². The van der Waals surface area contributed by atoms with Gasteiger partial charge in [0.1, 0.15) is 0 Å². The molecule has 5 nitrogen and oxygen atoms in total. The van der Waals surface area contributed by atoms with Crippen LogP contribution in [0.15, 0.2) is 35.4 Å². The normalized spacial score (nSPS) is 13.8. The molecule has 1 heterocycles. The first kappa shape index (κ1) is 18.2. The molecule has 0 aliphatic carbocycles. The molecule has 0 radical (unpaired) electrons. The first-order valence-electron chi connectivity index (χ1n) is 8.86. The highest BCUT2D eigenvalue weighted by Gasteiger charge is 2.22. The molecule has 5 heteroatoms. The number of carbonyl (C=O) groups is 2. The van der Waals surface area contributed by atoms with Crippen LogP contribution in [0.25, 0.3) is 0 Å². The summed E-state index contributed by atoms with van der Waals surface area (Å²) in [7, 11) is 0. The third kappa shape index (κ3) is 4.91. The van der Waals surface area contributed by atoms with Gasteiger partial charge in [-0.3, -0.25) is 9.59 Å². The number of benzene rings is 1. The lowest BCUT2D eigenvalue weighted by Crippen LogP contribution is -2.33. The van der Waals surface area contributed by atoms with E-state index in [1.807, 2.05) is 35.2 Å². The van der Waals surface area contributed by atoms with Gasteiger partial charge in [-0.25, -0.2) is 5.01 Å². The van der Waals surface area contributed by atoms with Crippen molar-refractivity contribution in [2.24, 2.45) is 5.10 Å². The van der Waals surface area contributed by atoms with Gasteiger partial charge < -0.3 is 4.90 Å². The van der Waals surface area contributed by atoms with Crippen molar-refractivity contribution in [3.05, 3.63) is 35.9 Å². The van der Waals surface area contributed by atoms with Crippen LogP contribution in [0.3, 0.4) is 0 Å². The van der Waals surface area contributed by atoms with Crippen molar-refractivity contribution in [2.45, 2.75) is 46.0 Å². The summed E-state index contributed by atoms with van der Waals surface area (Å²) < 4.78 is 0. The van der Waals surface area contributed by atoms with E-state index >= 15 is 0 Å². The molecule has 0 saturated heterocycles. The Bertz CT molecular complexity index is 578. The van der Waals surface area contributed by atoms with Crippen molar-refractivity contribution in [2.75, 3.05) is 19.6 Å². The molecule has 2 amide bonds. The molecule has 1 aromatic rings. The first-order chi connectivity index (χ1) is 11.7. The predicted octanol–water partition coefficient (Wildman–Crippen LogP) is 3.05. The molecule has 0 N–H and O–H groups in total. The van der Waals surface area contributed by atoms with Crippen LogP contribution in [0.4, 0.5) is 0 Å². The van der Waals surface area contributed by atoms with Crippen molar-refractivity contribution in [1.29, 1.82) is 0 Å². The summed E-state index contributed by atoms with van der Waals surface area (Å²) in [5.74, 6) is 0.000683.